The van der Waals surface area contributed by atoms with Crippen molar-refractivity contribution in [1.29, 1.82) is 0 Å². The zero-order valence-corrected chi connectivity index (χ0v) is 20.2. The maximum absolute atomic E-state index is 12.7. The standard InChI is InChI=1S/C27H28N4O5/c1-17-4-3-5-22-25(17)29-30-31(26(22)33)15-14-21(27(34)35)23(32)12-8-18-6-9-19(10-7-18)20-11-13-24(36-2)28-16-20/h3-7,9-11,13,16,21,23,32H,8,12,14-15H2,1-2H3,(H,34,35)/t21?,23-/m1/s1. The number of aryl methyl sites for hydroxylation is 3. The van der Waals surface area contributed by atoms with Crippen molar-refractivity contribution < 1.29 is 19.7 Å². The van der Waals surface area contributed by atoms with Crippen molar-refractivity contribution in [2.24, 2.45) is 5.92 Å². The number of aliphatic carboxylic acids is 1. The van der Waals surface area contributed by atoms with Crippen molar-refractivity contribution in [2.75, 3.05) is 7.11 Å². The minimum absolute atomic E-state index is 0.0499. The van der Waals surface area contributed by atoms with E-state index in [1.165, 1.54) is 0 Å². The number of nitrogens with zero attached hydrogens (tertiary/aromatic N) is 4. The van der Waals surface area contributed by atoms with Crippen LogP contribution in [0.2, 0.25) is 0 Å². The Labute approximate surface area is 208 Å². The van der Waals surface area contributed by atoms with E-state index in [0.29, 0.717) is 23.2 Å². The molecular formula is C27H28N4O5. The number of rotatable bonds is 10. The topological polar surface area (TPSA) is 127 Å². The summed E-state index contributed by atoms with van der Waals surface area (Å²) >= 11 is 0. The number of benzene rings is 2. The van der Waals surface area contributed by atoms with Crippen LogP contribution in [0.15, 0.2) is 65.6 Å². The third-order valence-electron chi connectivity index (χ3n) is 6.35. The summed E-state index contributed by atoms with van der Waals surface area (Å²) in [5.74, 6) is -1.59. The fraction of sp³-hybridized carbons (Fsp3) is 0.296. The molecule has 9 heteroatoms. The van der Waals surface area contributed by atoms with Crippen LogP contribution in [0, 0.1) is 12.8 Å². The number of aromatic nitrogens is 4. The molecule has 0 aliphatic rings. The van der Waals surface area contributed by atoms with Gasteiger partial charge in [-0.1, -0.05) is 41.6 Å². The van der Waals surface area contributed by atoms with E-state index in [-0.39, 0.29) is 24.9 Å². The lowest BCUT2D eigenvalue weighted by molar-refractivity contribution is -0.146. The molecular weight excluding hydrogens is 460 g/mol. The Morgan fingerprint density at radius 1 is 1.06 bits per heavy atom. The molecule has 0 saturated carbocycles. The molecule has 2 aromatic heterocycles. The Hall–Kier alpha value is -4.11. The number of aliphatic hydroxyl groups is 1. The Morgan fingerprint density at radius 3 is 2.47 bits per heavy atom. The van der Waals surface area contributed by atoms with Gasteiger partial charge in [-0.05, 0) is 55.0 Å². The number of fused-ring (bicyclic) bond motifs is 1. The van der Waals surface area contributed by atoms with E-state index in [1.807, 2.05) is 43.3 Å². The van der Waals surface area contributed by atoms with E-state index in [1.54, 1.807) is 31.5 Å². The zero-order chi connectivity index (χ0) is 25.7. The summed E-state index contributed by atoms with van der Waals surface area (Å²) in [6.07, 6.45) is 1.52. The highest BCUT2D eigenvalue weighted by atomic mass is 16.5. The predicted octanol–water partition coefficient (Wildman–Crippen LogP) is 3.26. The number of methoxy groups -OCH3 is 1. The SMILES string of the molecule is COc1ccc(-c2ccc(CC[C@@H](O)C(CCn3nnc4c(C)cccc4c3=O)C(=O)O)cc2)cn1. The molecule has 186 valence electrons. The number of hydrogen-bond acceptors (Lipinski definition) is 7. The molecule has 0 aliphatic heterocycles. The lowest BCUT2D eigenvalue weighted by atomic mass is 9.93. The second kappa shape index (κ2) is 11.1. The molecule has 0 saturated heterocycles. The van der Waals surface area contributed by atoms with Crippen molar-refractivity contribution in [3.63, 3.8) is 0 Å². The van der Waals surface area contributed by atoms with Gasteiger partial charge in [-0.2, -0.15) is 0 Å². The molecule has 0 bridgehead atoms. The third kappa shape index (κ3) is 5.58. The Bertz CT molecular complexity index is 1400. The van der Waals surface area contributed by atoms with Gasteiger partial charge in [0, 0.05) is 24.4 Å². The van der Waals surface area contributed by atoms with Crippen LogP contribution in [0.4, 0.5) is 0 Å². The minimum atomic E-state index is -1.11. The first kappa shape index (κ1) is 25.0. The van der Waals surface area contributed by atoms with Gasteiger partial charge in [-0.15, -0.1) is 5.10 Å². The van der Waals surface area contributed by atoms with Gasteiger partial charge >= 0.3 is 5.97 Å². The predicted molar refractivity (Wildman–Crippen MR) is 135 cm³/mol. The van der Waals surface area contributed by atoms with Crippen LogP contribution in [-0.2, 0) is 17.8 Å². The van der Waals surface area contributed by atoms with E-state index in [9.17, 15) is 19.8 Å². The number of carboxylic acids is 1. The Morgan fingerprint density at radius 2 is 1.81 bits per heavy atom. The Balaban J connectivity index is 1.37. The molecule has 2 aromatic carbocycles. The van der Waals surface area contributed by atoms with Crippen molar-refractivity contribution in [1.82, 2.24) is 20.0 Å². The summed E-state index contributed by atoms with van der Waals surface area (Å²) in [5.41, 5.74) is 3.98. The van der Waals surface area contributed by atoms with Gasteiger partial charge in [-0.25, -0.2) is 9.67 Å². The molecule has 4 rings (SSSR count). The average molecular weight is 489 g/mol. The fourth-order valence-electron chi connectivity index (χ4n) is 4.18. The van der Waals surface area contributed by atoms with Crippen LogP contribution in [0.1, 0.15) is 24.0 Å². The van der Waals surface area contributed by atoms with Gasteiger partial charge in [0.1, 0.15) is 5.52 Å². The third-order valence-corrected chi connectivity index (χ3v) is 6.35. The van der Waals surface area contributed by atoms with Crippen LogP contribution < -0.4 is 10.3 Å². The van der Waals surface area contributed by atoms with Gasteiger partial charge in [0.2, 0.25) is 5.88 Å². The number of ether oxygens (including phenoxy) is 1. The molecule has 0 radical (unpaired) electrons. The van der Waals surface area contributed by atoms with E-state index < -0.39 is 18.0 Å². The van der Waals surface area contributed by atoms with E-state index in [0.717, 1.165) is 26.9 Å². The van der Waals surface area contributed by atoms with Gasteiger partial charge < -0.3 is 14.9 Å². The summed E-state index contributed by atoms with van der Waals surface area (Å²) in [4.78, 5) is 28.8. The summed E-state index contributed by atoms with van der Waals surface area (Å²) in [7, 11) is 1.57. The maximum Gasteiger partial charge on any atom is 0.309 e. The molecule has 4 aromatic rings. The normalized spacial score (nSPS) is 12.9. The molecule has 0 spiro atoms. The van der Waals surface area contributed by atoms with Crippen LogP contribution in [0.3, 0.4) is 0 Å². The first-order valence-electron chi connectivity index (χ1n) is 11.7. The van der Waals surface area contributed by atoms with Crippen LogP contribution in [0.5, 0.6) is 5.88 Å². The highest BCUT2D eigenvalue weighted by Gasteiger charge is 2.26. The van der Waals surface area contributed by atoms with Gasteiger partial charge in [-0.3, -0.25) is 9.59 Å². The fourth-order valence-corrected chi connectivity index (χ4v) is 4.18. The quantitative estimate of drug-likeness (QED) is 0.348. The van der Waals surface area contributed by atoms with Crippen molar-refractivity contribution >= 4 is 16.9 Å². The molecule has 2 N–H and O–H groups in total. The molecule has 1 unspecified atom stereocenters. The van der Waals surface area contributed by atoms with Crippen molar-refractivity contribution in [2.45, 2.75) is 38.8 Å². The van der Waals surface area contributed by atoms with E-state index >= 15 is 0 Å². The number of aliphatic hydroxyl groups excluding tert-OH is 1. The zero-order valence-electron chi connectivity index (χ0n) is 20.2. The molecule has 0 amide bonds. The van der Waals surface area contributed by atoms with Crippen LogP contribution >= 0.6 is 0 Å². The van der Waals surface area contributed by atoms with E-state index in [2.05, 4.69) is 15.3 Å². The molecule has 0 aliphatic carbocycles. The summed E-state index contributed by atoms with van der Waals surface area (Å²) < 4.78 is 6.25. The lowest BCUT2D eigenvalue weighted by Crippen LogP contribution is -2.32. The highest BCUT2D eigenvalue weighted by Crippen LogP contribution is 2.22. The number of hydrogen-bond donors (Lipinski definition) is 2. The maximum atomic E-state index is 12.7. The lowest BCUT2D eigenvalue weighted by Gasteiger charge is -2.19. The molecule has 2 heterocycles. The second-order valence-corrected chi connectivity index (χ2v) is 8.71. The number of carbonyl (C=O) groups is 1. The minimum Gasteiger partial charge on any atom is -0.481 e. The largest absolute Gasteiger partial charge is 0.481 e. The second-order valence-electron chi connectivity index (χ2n) is 8.71. The molecule has 9 nitrogen and oxygen atoms in total. The average Bonchev–Trinajstić information content (AvgIpc) is 2.89. The molecule has 0 fully saturated rings. The van der Waals surface area contributed by atoms with Crippen molar-refractivity contribution in [3.8, 4) is 17.0 Å². The van der Waals surface area contributed by atoms with E-state index in [4.69, 9.17) is 4.74 Å². The van der Waals surface area contributed by atoms with Gasteiger partial charge in [0.15, 0.2) is 0 Å². The highest BCUT2D eigenvalue weighted by molar-refractivity contribution is 5.79. The molecule has 36 heavy (non-hydrogen) atoms. The van der Waals surface area contributed by atoms with Crippen LogP contribution in [0.25, 0.3) is 22.0 Å². The summed E-state index contributed by atoms with van der Waals surface area (Å²) in [5, 5.41) is 28.9. The van der Waals surface area contributed by atoms with Gasteiger partial charge in [0.25, 0.3) is 5.56 Å². The summed E-state index contributed by atoms with van der Waals surface area (Å²) in [6.45, 7) is 1.90. The first-order valence-corrected chi connectivity index (χ1v) is 11.7. The van der Waals surface area contributed by atoms with Gasteiger partial charge in [0.05, 0.1) is 24.5 Å². The first-order chi connectivity index (χ1) is 17.4. The van der Waals surface area contributed by atoms with Crippen LogP contribution in [-0.4, -0.2) is 49.4 Å². The monoisotopic (exact) mass is 488 g/mol. The summed E-state index contributed by atoms with van der Waals surface area (Å²) in [6, 6.07) is 16.9. The smallest absolute Gasteiger partial charge is 0.309 e. The van der Waals surface area contributed by atoms with Crippen molar-refractivity contribution in [3.05, 3.63) is 82.3 Å². The molecule has 2 atom stereocenters. The number of carboxylic acid groups (broad SMARTS) is 1. The Kier molecular flexibility index (Phi) is 7.70. The number of pyridine rings is 1.